The van der Waals surface area contributed by atoms with E-state index in [0.29, 0.717) is 5.56 Å². The summed E-state index contributed by atoms with van der Waals surface area (Å²) < 4.78 is 13.0. The van der Waals surface area contributed by atoms with Crippen molar-refractivity contribution in [2.45, 2.75) is 20.4 Å². The van der Waals surface area contributed by atoms with Crippen molar-refractivity contribution in [3.63, 3.8) is 0 Å². The van der Waals surface area contributed by atoms with Gasteiger partial charge in [0.1, 0.15) is 5.82 Å². The van der Waals surface area contributed by atoms with Gasteiger partial charge in [0.15, 0.2) is 0 Å². The molecule has 0 saturated carbocycles. The average molecular weight is 236 g/mol. The second-order valence-electron chi connectivity index (χ2n) is 3.66. The zero-order valence-corrected chi connectivity index (χ0v) is 10.1. The van der Waals surface area contributed by atoms with Gasteiger partial charge in [-0.2, -0.15) is 0 Å². The molecule has 0 amide bonds. The monoisotopic (exact) mass is 236 g/mol. The Bertz CT molecular complexity index is 494. The minimum absolute atomic E-state index is 0.167. The molecule has 0 aliphatic rings. The number of benzene rings is 1. The van der Waals surface area contributed by atoms with Crippen LogP contribution in [0.25, 0.3) is 0 Å². The number of rotatable bonds is 3. The molecule has 0 saturated heterocycles. The lowest BCUT2D eigenvalue weighted by Gasteiger charge is -2.05. The minimum Gasteiger partial charge on any atom is -0.380 e. The second-order valence-corrected chi connectivity index (χ2v) is 4.98. The molecule has 1 aromatic heterocycles. The quantitative estimate of drug-likeness (QED) is 0.882. The Morgan fingerprint density at radius 3 is 2.81 bits per heavy atom. The predicted molar refractivity (Wildman–Crippen MR) is 65.3 cm³/mol. The largest absolute Gasteiger partial charge is 0.380 e. The van der Waals surface area contributed by atoms with E-state index >= 15 is 0 Å². The van der Waals surface area contributed by atoms with Crippen LogP contribution in [-0.4, -0.2) is 4.98 Å². The summed E-state index contributed by atoms with van der Waals surface area (Å²) in [5.74, 6) is -0.167. The molecule has 84 valence electrons. The maximum Gasteiger partial charge on any atom is 0.126 e. The SMILES string of the molecule is Cc1ncc(CNc2ccc(F)c(C)c2)s1. The molecule has 0 bridgehead atoms. The van der Waals surface area contributed by atoms with Gasteiger partial charge >= 0.3 is 0 Å². The highest BCUT2D eigenvalue weighted by Gasteiger charge is 2.00. The maximum absolute atomic E-state index is 13.0. The van der Waals surface area contributed by atoms with Crippen LogP contribution in [0.5, 0.6) is 0 Å². The third kappa shape index (κ3) is 2.58. The first kappa shape index (κ1) is 11.1. The first-order valence-corrected chi connectivity index (χ1v) is 5.88. The summed E-state index contributed by atoms with van der Waals surface area (Å²) >= 11 is 1.67. The number of hydrogen-bond acceptors (Lipinski definition) is 3. The Labute approximate surface area is 98.2 Å². The second kappa shape index (κ2) is 4.61. The van der Waals surface area contributed by atoms with Crippen LogP contribution in [0.15, 0.2) is 24.4 Å². The number of nitrogens with one attached hydrogen (secondary N) is 1. The van der Waals surface area contributed by atoms with E-state index in [9.17, 15) is 4.39 Å². The molecule has 0 spiro atoms. The normalized spacial score (nSPS) is 10.4. The predicted octanol–water partition coefficient (Wildman–Crippen LogP) is 3.51. The number of hydrogen-bond donors (Lipinski definition) is 1. The molecule has 2 nitrogen and oxygen atoms in total. The standard InChI is InChI=1S/C12H13FN2S/c1-8-5-10(3-4-12(8)13)15-7-11-6-14-9(2)16-11/h3-6,15H,7H2,1-2H3. The molecule has 1 N–H and O–H groups in total. The molecule has 0 fully saturated rings. The van der Waals surface area contributed by atoms with Gasteiger partial charge in [0.25, 0.3) is 0 Å². The Hall–Kier alpha value is -1.42. The highest BCUT2D eigenvalue weighted by Crippen LogP contribution is 2.17. The summed E-state index contributed by atoms with van der Waals surface area (Å²) in [5.41, 5.74) is 1.59. The summed E-state index contributed by atoms with van der Waals surface area (Å²) in [6, 6.07) is 5.04. The Morgan fingerprint density at radius 1 is 1.38 bits per heavy atom. The molecule has 4 heteroatoms. The Kier molecular flexibility index (Phi) is 3.19. The van der Waals surface area contributed by atoms with Crippen molar-refractivity contribution in [2.75, 3.05) is 5.32 Å². The smallest absolute Gasteiger partial charge is 0.126 e. The van der Waals surface area contributed by atoms with Crippen LogP contribution >= 0.6 is 11.3 Å². The van der Waals surface area contributed by atoms with Crippen LogP contribution < -0.4 is 5.32 Å². The van der Waals surface area contributed by atoms with Crippen LogP contribution in [-0.2, 0) is 6.54 Å². The van der Waals surface area contributed by atoms with E-state index in [1.54, 1.807) is 24.3 Å². The summed E-state index contributed by atoms with van der Waals surface area (Å²) in [4.78, 5) is 5.36. The van der Waals surface area contributed by atoms with Crippen molar-refractivity contribution >= 4 is 17.0 Å². The van der Waals surface area contributed by atoms with Crippen molar-refractivity contribution in [3.05, 3.63) is 45.7 Å². The van der Waals surface area contributed by atoms with E-state index in [4.69, 9.17) is 0 Å². The molecular formula is C12H13FN2S. The lowest BCUT2D eigenvalue weighted by molar-refractivity contribution is 0.618. The fourth-order valence-electron chi connectivity index (χ4n) is 1.43. The van der Waals surface area contributed by atoms with Crippen LogP contribution in [0.2, 0.25) is 0 Å². The van der Waals surface area contributed by atoms with Gasteiger partial charge in [0, 0.05) is 16.8 Å². The lowest BCUT2D eigenvalue weighted by Crippen LogP contribution is -1.98. The van der Waals surface area contributed by atoms with Crippen LogP contribution in [0, 0.1) is 19.7 Å². The number of aryl methyl sites for hydroxylation is 2. The highest BCUT2D eigenvalue weighted by molar-refractivity contribution is 7.11. The lowest BCUT2D eigenvalue weighted by atomic mass is 10.2. The summed E-state index contributed by atoms with van der Waals surface area (Å²) in [5, 5.41) is 4.31. The molecule has 0 radical (unpaired) electrons. The Balaban J connectivity index is 2.02. The molecule has 0 aliphatic carbocycles. The molecule has 2 aromatic rings. The Morgan fingerprint density at radius 2 is 2.19 bits per heavy atom. The number of nitrogens with zero attached hydrogens (tertiary/aromatic N) is 1. The zero-order chi connectivity index (χ0) is 11.5. The summed E-state index contributed by atoms with van der Waals surface area (Å²) in [6.45, 7) is 4.48. The number of aromatic nitrogens is 1. The van der Waals surface area contributed by atoms with E-state index in [1.165, 1.54) is 10.9 Å². The van der Waals surface area contributed by atoms with E-state index in [1.807, 2.05) is 19.2 Å². The summed E-state index contributed by atoms with van der Waals surface area (Å²) in [7, 11) is 0. The molecule has 0 atom stereocenters. The van der Waals surface area contributed by atoms with Crippen molar-refractivity contribution < 1.29 is 4.39 Å². The van der Waals surface area contributed by atoms with Crippen LogP contribution in [0.4, 0.5) is 10.1 Å². The topological polar surface area (TPSA) is 24.9 Å². The number of anilines is 1. The van der Waals surface area contributed by atoms with E-state index in [0.717, 1.165) is 17.2 Å². The zero-order valence-electron chi connectivity index (χ0n) is 9.25. The molecule has 0 aliphatic heterocycles. The molecule has 0 unspecified atom stereocenters. The van der Waals surface area contributed by atoms with Gasteiger partial charge < -0.3 is 5.32 Å². The fraction of sp³-hybridized carbons (Fsp3) is 0.250. The third-order valence-electron chi connectivity index (χ3n) is 2.29. The average Bonchev–Trinajstić information content (AvgIpc) is 2.66. The van der Waals surface area contributed by atoms with Crippen molar-refractivity contribution in [2.24, 2.45) is 0 Å². The van der Waals surface area contributed by atoms with Crippen LogP contribution in [0.3, 0.4) is 0 Å². The van der Waals surface area contributed by atoms with Crippen LogP contribution in [0.1, 0.15) is 15.4 Å². The molecule has 16 heavy (non-hydrogen) atoms. The van der Waals surface area contributed by atoms with E-state index in [2.05, 4.69) is 10.3 Å². The van der Waals surface area contributed by atoms with Gasteiger partial charge in [-0.15, -0.1) is 11.3 Å². The van der Waals surface area contributed by atoms with E-state index in [-0.39, 0.29) is 5.82 Å². The van der Waals surface area contributed by atoms with Crippen molar-refractivity contribution in [3.8, 4) is 0 Å². The maximum atomic E-state index is 13.0. The first-order chi connectivity index (χ1) is 7.65. The van der Waals surface area contributed by atoms with E-state index < -0.39 is 0 Å². The van der Waals surface area contributed by atoms with Gasteiger partial charge in [-0.3, -0.25) is 0 Å². The van der Waals surface area contributed by atoms with Gasteiger partial charge in [-0.1, -0.05) is 0 Å². The van der Waals surface area contributed by atoms with Gasteiger partial charge in [-0.25, -0.2) is 9.37 Å². The van der Waals surface area contributed by atoms with Gasteiger partial charge in [-0.05, 0) is 37.6 Å². The molecule has 1 heterocycles. The third-order valence-corrected chi connectivity index (χ3v) is 3.21. The summed E-state index contributed by atoms with van der Waals surface area (Å²) in [6.07, 6.45) is 1.86. The molecular weight excluding hydrogens is 223 g/mol. The fourth-order valence-corrected chi connectivity index (χ4v) is 2.17. The van der Waals surface area contributed by atoms with Crippen molar-refractivity contribution in [1.82, 2.24) is 4.98 Å². The number of halogens is 1. The van der Waals surface area contributed by atoms with Gasteiger partial charge in [0.2, 0.25) is 0 Å². The highest BCUT2D eigenvalue weighted by atomic mass is 32.1. The first-order valence-electron chi connectivity index (χ1n) is 5.06. The van der Waals surface area contributed by atoms with Gasteiger partial charge in [0.05, 0.1) is 11.6 Å². The molecule has 1 aromatic carbocycles. The van der Waals surface area contributed by atoms with Crippen molar-refractivity contribution in [1.29, 1.82) is 0 Å². The number of thiazole rings is 1. The minimum atomic E-state index is -0.167. The molecule has 2 rings (SSSR count).